The third kappa shape index (κ3) is 1.99. The molecule has 2 rings (SSSR count). The second-order valence-electron chi connectivity index (χ2n) is 3.97. The summed E-state index contributed by atoms with van der Waals surface area (Å²) in [6, 6.07) is 5.01. The maximum atomic E-state index is 11.8. The summed E-state index contributed by atoms with van der Waals surface area (Å²) in [5, 5.41) is 0. The van der Waals surface area contributed by atoms with Gasteiger partial charge in [0.25, 0.3) is 5.78 Å². The van der Waals surface area contributed by atoms with Gasteiger partial charge < -0.3 is 9.30 Å². The van der Waals surface area contributed by atoms with E-state index in [1.54, 1.807) is 25.1 Å². The van der Waals surface area contributed by atoms with Gasteiger partial charge in [-0.25, -0.2) is 9.78 Å². The van der Waals surface area contributed by atoms with Crippen LogP contribution in [0.5, 0.6) is 0 Å². The smallest absolute Gasteiger partial charge is 0.379 e. The van der Waals surface area contributed by atoms with E-state index < -0.39 is 11.8 Å². The van der Waals surface area contributed by atoms with E-state index in [1.807, 2.05) is 18.5 Å². The molecule has 0 aliphatic heterocycles. The lowest BCUT2D eigenvalue weighted by Gasteiger charge is -2.01. The molecule has 1 aromatic carbocycles. The van der Waals surface area contributed by atoms with Crippen molar-refractivity contribution in [1.29, 1.82) is 0 Å². The first kappa shape index (κ1) is 12.3. The van der Waals surface area contributed by atoms with E-state index in [2.05, 4.69) is 9.72 Å². The van der Waals surface area contributed by atoms with Crippen molar-refractivity contribution in [3.63, 3.8) is 0 Å². The predicted molar refractivity (Wildman–Crippen MR) is 66.4 cm³/mol. The monoisotopic (exact) mass is 246 g/mol. The molecule has 0 aliphatic carbocycles. The van der Waals surface area contributed by atoms with E-state index in [0.29, 0.717) is 11.1 Å². The lowest BCUT2D eigenvalue weighted by Crippen LogP contribution is -2.17. The van der Waals surface area contributed by atoms with Gasteiger partial charge in [-0.3, -0.25) is 4.79 Å². The van der Waals surface area contributed by atoms with Gasteiger partial charge >= 0.3 is 5.97 Å². The van der Waals surface area contributed by atoms with Gasteiger partial charge in [-0.2, -0.15) is 0 Å². The number of ether oxygens (including phenoxy) is 1. The Morgan fingerprint density at radius 3 is 2.78 bits per heavy atom. The van der Waals surface area contributed by atoms with E-state index >= 15 is 0 Å². The molecule has 5 nitrogen and oxygen atoms in total. The number of Topliss-reactive ketones (excluding diaryl/α,β-unsaturated/α-hetero) is 1. The first-order chi connectivity index (χ1) is 8.54. The third-order valence-corrected chi connectivity index (χ3v) is 2.83. The first-order valence-electron chi connectivity index (χ1n) is 5.69. The van der Waals surface area contributed by atoms with Crippen LogP contribution in [0.1, 0.15) is 23.1 Å². The standard InChI is InChI=1S/C13H14N2O3/c1-4-18-13(17)12(16)9-5-6-11-10(7-9)14-8(2)15(11)3/h5-7H,4H2,1-3H3. The third-order valence-electron chi connectivity index (χ3n) is 2.83. The molecule has 0 radical (unpaired) electrons. The summed E-state index contributed by atoms with van der Waals surface area (Å²) in [5.41, 5.74) is 1.93. The molecule has 1 heterocycles. The van der Waals surface area contributed by atoms with Gasteiger partial charge in [0.15, 0.2) is 0 Å². The molecule has 5 heteroatoms. The minimum atomic E-state index is -0.829. The van der Waals surface area contributed by atoms with Crippen molar-refractivity contribution in [1.82, 2.24) is 9.55 Å². The summed E-state index contributed by atoms with van der Waals surface area (Å²) in [5.74, 6) is -0.614. The largest absolute Gasteiger partial charge is 0.460 e. The molecule has 0 unspecified atom stereocenters. The van der Waals surface area contributed by atoms with Crippen molar-refractivity contribution in [3.05, 3.63) is 29.6 Å². The number of aromatic nitrogens is 2. The van der Waals surface area contributed by atoms with E-state index in [9.17, 15) is 9.59 Å². The molecule has 0 saturated carbocycles. The molecular weight excluding hydrogens is 232 g/mol. The molecule has 0 N–H and O–H groups in total. The first-order valence-corrected chi connectivity index (χ1v) is 5.69. The van der Waals surface area contributed by atoms with Crippen LogP contribution in [-0.2, 0) is 16.6 Å². The fraction of sp³-hybridized carbons (Fsp3) is 0.308. The van der Waals surface area contributed by atoms with E-state index in [1.165, 1.54) is 0 Å². The van der Waals surface area contributed by atoms with Crippen molar-refractivity contribution < 1.29 is 14.3 Å². The Bertz CT molecular complexity index is 628. The highest BCUT2D eigenvalue weighted by atomic mass is 16.5. The van der Waals surface area contributed by atoms with Gasteiger partial charge in [0.2, 0.25) is 0 Å². The molecule has 0 bridgehead atoms. The molecule has 0 atom stereocenters. The number of hydrogen-bond donors (Lipinski definition) is 0. The number of ketones is 1. The second-order valence-corrected chi connectivity index (χ2v) is 3.97. The fourth-order valence-electron chi connectivity index (χ4n) is 1.78. The van der Waals surface area contributed by atoms with Crippen LogP contribution >= 0.6 is 0 Å². The Hall–Kier alpha value is -2.17. The number of hydrogen-bond acceptors (Lipinski definition) is 4. The number of imidazole rings is 1. The fourth-order valence-corrected chi connectivity index (χ4v) is 1.78. The summed E-state index contributed by atoms with van der Waals surface area (Å²) in [6.07, 6.45) is 0. The van der Waals surface area contributed by atoms with Crippen LogP contribution < -0.4 is 0 Å². The zero-order chi connectivity index (χ0) is 13.3. The minimum absolute atomic E-state index is 0.190. The molecule has 94 valence electrons. The Labute approximate surface area is 104 Å². The highest BCUT2D eigenvalue weighted by Gasteiger charge is 2.18. The van der Waals surface area contributed by atoms with Crippen molar-refractivity contribution in [3.8, 4) is 0 Å². The Morgan fingerprint density at radius 1 is 1.39 bits per heavy atom. The van der Waals surface area contributed by atoms with Crippen LogP contribution in [-0.4, -0.2) is 27.9 Å². The van der Waals surface area contributed by atoms with Crippen molar-refractivity contribution in [2.24, 2.45) is 7.05 Å². The lowest BCUT2D eigenvalue weighted by molar-refractivity contribution is -0.137. The number of rotatable bonds is 3. The summed E-state index contributed by atoms with van der Waals surface area (Å²) in [7, 11) is 1.90. The van der Waals surface area contributed by atoms with Crippen LogP contribution in [0.3, 0.4) is 0 Å². The van der Waals surface area contributed by atoms with E-state index in [4.69, 9.17) is 0 Å². The Morgan fingerprint density at radius 2 is 2.11 bits per heavy atom. The molecule has 1 aromatic heterocycles. The van der Waals surface area contributed by atoms with Crippen LogP contribution in [0.4, 0.5) is 0 Å². The molecule has 0 amide bonds. The number of fused-ring (bicyclic) bond motifs is 1. The maximum Gasteiger partial charge on any atom is 0.379 e. The lowest BCUT2D eigenvalue weighted by atomic mass is 10.1. The zero-order valence-electron chi connectivity index (χ0n) is 10.6. The molecule has 0 saturated heterocycles. The summed E-state index contributed by atoms with van der Waals surface area (Å²) in [4.78, 5) is 27.4. The SMILES string of the molecule is CCOC(=O)C(=O)c1ccc2c(c1)nc(C)n2C. The van der Waals surface area contributed by atoms with Crippen LogP contribution in [0.2, 0.25) is 0 Å². The number of aryl methyl sites for hydroxylation is 2. The van der Waals surface area contributed by atoms with Crippen LogP contribution in [0.15, 0.2) is 18.2 Å². The highest BCUT2D eigenvalue weighted by molar-refractivity contribution is 6.40. The molecule has 0 spiro atoms. The topological polar surface area (TPSA) is 61.2 Å². The average molecular weight is 246 g/mol. The molecule has 0 aliphatic rings. The van der Waals surface area contributed by atoms with E-state index in [-0.39, 0.29) is 6.61 Å². The number of benzene rings is 1. The van der Waals surface area contributed by atoms with Gasteiger partial charge in [0, 0.05) is 12.6 Å². The van der Waals surface area contributed by atoms with Crippen molar-refractivity contribution >= 4 is 22.8 Å². The number of nitrogens with zero attached hydrogens (tertiary/aromatic N) is 2. The van der Waals surface area contributed by atoms with Gasteiger partial charge in [0.05, 0.1) is 17.6 Å². The highest BCUT2D eigenvalue weighted by Crippen LogP contribution is 2.17. The quantitative estimate of drug-likeness (QED) is 0.469. The van der Waals surface area contributed by atoms with Crippen molar-refractivity contribution in [2.45, 2.75) is 13.8 Å². The Kier molecular flexibility index (Phi) is 3.14. The summed E-state index contributed by atoms with van der Waals surface area (Å²) < 4.78 is 6.61. The van der Waals surface area contributed by atoms with Gasteiger partial charge in [-0.1, -0.05) is 0 Å². The van der Waals surface area contributed by atoms with Crippen LogP contribution in [0.25, 0.3) is 11.0 Å². The molecule has 18 heavy (non-hydrogen) atoms. The zero-order valence-corrected chi connectivity index (χ0v) is 10.6. The van der Waals surface area contributed by atoms with Crippen molar-refractivity contribution in [2.75, 3.05) is 6.61 Å². The summed E-state index contributed by atoms with van der Waals surface area (Å²) in [6.45, 7) is 3.73. The molecule has 0 fully saturated rings. The number of carbonyl (C=O) groups excluding carboxylic acids is 2. The Balaban J connectivity index is 2.41. The predicted octanol–water partition coefficient (Wildman–Crippen LogP) is 1.63. The normalized spacial score (nSPS) is 10.6. The molecule has 2 aromatic rings. The van der Waals surface area contributed by atoms with Crippen LogP contribution in [0, 0.1) is 6.92 Å². The average Bonchev–Trinajstić information content (AvgIpc) is 2.64. The van der Waals surface area contributed by atoms with Gasteiger partial charge in [-0.15, -0.1) is 0 Å². The summed E-state index contributed by atoms with van der Waals surface area (Å²) >= 11 is 0. The number of carbonyl (C=O) groups is 2. The minimum Gasteiger partial charge on any atom is -0.460 e. The molecular formula is C13H14N2O3. The number of esters is 1. The van der Waals surface area contributed by atoms with E-state index in [0.717, 1.165) is 11.3 Å². The maximum absolute atomic E-state index is 11.8. The van der Waals surface area contributed by atoms with Gasteiger partial charge in [-0.05, 0) is 32.0 Å². The second kappa shape index (κ2) is 4.60. The van der Waals surface area contributed by atoms with Gasteiger partial charge in [0.1, 0.15) is 5.82 Å².